The molecular formula is C9H14O4. The molecule has 1 fully saturated rings. The van der Waals surface area contributed by atoms with Gasteiger partial charge in [0.15, 0.2) is 0 Å². The number of aliphatic hydroxyl groups is 1. The zero-order valence-electron chi connectivity index (χ0n) is 7.87. The van der Waals surface area contributed by atoms with Crippen LogP contribution in [0.25, 0.3) is 0 Å². The van der Waals surface area contributed by atoms with Gasteiger partial charge < -0.3 is 9.84 Å². The fraction of sp³-hybridized carbons (Fsp3) is 0.778. The van der Waals surface area contributed by atoms with Crippen molar-refractivity contribution in [2.45, 2.75) is 44.8 Å². The summed E-state index contributed by atoms with van der Waals surface area (Å²) < 4.78 is 4.91. The highest BCUT2D eigenvalue weighted by Crippen LogP contribution is 2.28. The highest BCUT2D eigenvalue weighted by molar-refractivity contribution is 5.80. The summed E-state index contributed by atoms with van der Waals surface area (Å²) in [6, 6.07) is 0. The number of carbonyl (C=O) groups excluding carboxylic acids is 2. The summed E-state index contributed by atoms with van der Waals surface area (Å²) >= 11 is 0. The van der Waals surface area contributed by atoms with Crippen LogP contribution in [0.2, 0.25) is 0 Å². The standard InChI is InChI=1S/C9H14O4/c1-6(10)13-8-4-3-7(11)5-9(8,2)12/h8,12H,3-5H2,1-2H3. The van der Waals surface area contributed by atoms with Crippen LogP contribution in [-0.4, -0.2) is 28.6 Å². The number of ether oxygens (including phenoxy) is 1. The van der Waals surface area contributed by atoms with Gasteiger partial charge in [0.1, 0.15) is 17.5 Å². The molecular weight excluding hydrogens is 172 g/mol. The maximum atomic E-state index is 11.0. The molecule has 1 rings (SSSR count). The van der Waals surface area contributed by atoms with Crippen molar-refractivity contribution in [1.29, 1.82) is 0 Å². The molecule has 0 aromatic carbocycles. The Kier molecular flexibility index (Phi) is 2.71. The van der Waals surface area contributed by atoms with Gasteiger partial charge in [-0.1, -0.05) is 0 Å². The van der Waals surface area contributed by atoms with Crippen LogP contribution in [-0.2, 0) is 14.3 Å². The summed E-state index contributed by atoms with van der Waals surface area (Å²) in [6.45, 7) is 2.82. The summed E-state index contributed by atoms with van der Waals surface area (Å²) in [5, 5.41) is 9.76. The highest BCUT2D eigenvalue weighted by atomic mass is 16.6. The van der Waals surface area contributed by atoms with Crippen molar-refractivity contribution in [2.75, 3.05) is 0 Å². The van der Waals surface area contributed by atoms with Crippen LogP contribution >= 0.6 is 0 Å². The molecule has 0 aromatic heterocycles. The summed E-state index contributed by atoms with van der Waals surface area (Å²) in [6.07, 6.45) is 0.340. The number of esters is 1. The molecule has 0 aliphatic heterocycles. The molecule has 13 heavy (non-hydrogen) atoms. The maximum absolute atomic E-state index is 11.0. The predicted octanol–water partition coefficient (Wildman–Crippen LogP) is 0.422. The second kappa shape index (κ2) is 3.46. The van der Waals surface area contributed by atoms with Crippen LogP contribution in [0.15, 0.2) is 0 Å². The third kappa shape index (κ3) is 2.52. The van der Waals surface area contributed by atoms with E-state index >= 15 is 0 Å². The second-order valence-electron chi connectivity index (χ2n) is 3.71. The van der Waals surface area contributed by atoms with Gasteiger partial charge in [-0.25, -0.2) is 0 Å². The van der Waals surface area contributed by atoms with E-state index in [1.807, 2.05) is 0 Å². The van der Waals surface area contributed by atoms with E-state index in [2.05, 4.69) is 0 Å². The number of rotatable bonds is 1. The number of ketones is 1. The van der Waals surface area contributed by atoms with E-state index in [0.29, 0.717) is 12.8 Å². The molecule has 0 heterocycles. The van der Waals surface area contributed by atoms with Crippen LogP contribution in [0.4, 0.5) is 0 Å². The summed E-state index contributed by atoms with van der Waals surface area (Å²) in [5.74, 6) is -0.395. The maximum Gasteiger partial charge on any atom is 0.303 e. The molecule has 0 saturated heterocycles. The quantitative estimate of drug-likeness (QED) is 0.603. The zero-order chi connectivity index (χ0) is 10.1. The first kappa shape index (κ1) is 10.2. The lowest BCUT2D eigenvalue weighted by molar-refractivity contribution is -0.169. The van der Waals surface area contributed by atoms with Gasteiger partial charge in [-0.3, -0.25) is 9.59 Å². The van der Waals surface area contributed by atoms with Gasteiger partial charge in [-0.15, -0.1) is 0 Å². The minimum Gasteiger partial charge on any atom is -0.459 e. The van der Waals surface area contributed by atoms with Crippen LogP contribution in [0.5, 0.6) is 0 Å². The Labute approximate surface area is 76.9 Å². The Morgan fingerprint density at radius 1 is 1.69 bits per heavy atom. The largest absolute Gasteiger partial charge is 0.459 e. The van der Waals surface area contributed by atoms with Crippen molar-refractivity contribution >= 4 is 11.8 Å². The van der Waals surface area contributed by atoms with Gasteiger partial charge in [0.25, 0.3) is 0 Å². The predicted molar refractivity (Wildman–Crippen MR) is 45.0 cm³/mol. The van der Waals surface area contributed by atoms with Crippen LogP contribution in [0.1, 0.15) is 33.1 Å². The Bertz CT molecular complexity index is 232. The van der Waals surface area contributed by atoms with E-state index in [0.717, 1.165) is 0 Å². The van der Waals surface area contributed by atoms with Gasteiger partial charge in [0.05, 0.1) is 0 Å². The molecule has 4 heteroatoms. The van der Waals surface area contributed by atoms with Crippen LogP contribution < -0.4 is 0 Å². The van der Waals surface area contributed by atoms with Crippen molar-refractivity contribution < 1.29 is 19.4 Å². The summed E-state index contributed by atoms with van der Waals surface area (Å²) in [5.41, 5.74) is -1.19. The molecule has 0 radical (unpaired) electrons. The molecule has 0 amide bonds. The van der Waals surface area contributed by atoms with Gasteiger partial charge in [0, 0.05) is 19.8 Å². The lowest BCUT2D eigenvalue weighted by atomic mass is 9.83. The molecule has 74 valence electrons. The minimum absolute atomic E-state index is 0.0217. The van der Waals surface area contributed by atoms with Gasteiger partial charge >= 0.3 is 5.97 Å². The molecule has 0 aromatic rings. The molecule has 1 saturated carbocycles. The first-order valence-electron chi connectivity index (χ1n) is 4.33. The van der Waals surface area contributed by atoms with E-state index in [9.17, 15) is 14.7 Å². The topological polar surface area (TPSA) is 63.6 Å². The third-order valence-electron chi connectivity index (χ3n) is 2.24. The van der Waals surface area contributed by atoms with Crippen molar-refractivity contribution in [2.24, 2.45) is 0 Å². The van der Waals surface area contributed by atoms with E-state index in [-0.39, 0.29) is 12.2 Å². The Hall–Kier alpha value is -0.900. The average Bonchev–Trinajstić information content (AvgIpc) is 1.93. The molecule has 1 aliphatic carbocycles. The fourth-order valence-corrected chi connectivity index (χ4v) is 1.59. The minimum atomic E-state index is -1.19. The number of Topliss-reactive ketones (excluding diaryl/α,β-unsaturated/α-hetero) is 1. The van der Waals surface area contributed by atoms with Crippen molar-refractivity contribution in [3.8, 4) is 0 Å². The molecule has 2 atom stereocenters. The SMILES string of the molecule is CC(=O)OC1CCC(=O)CC1(C)O. The fourth-order valence-electron chi connectivity index (χ4n) is 1.59. The molecule has 0 spiro atoms. The average molecular weight is 186 g/mol. The first-order chi connectivity index (χ1) is 5.92. The first-order valence-corrected chi connectivity index (χ1v) is 4.33. The normalized spacial score (nSPS) is 34.4. The van der Waals surface area contributed by atoms with Gasteiger partial charge in [-0.2, -0.15) is 0 Å². The van der Waals surface area contributed by atoms with Gasteiger partial charge in [-0.05, 0) is 13.3 Å². The lowest BCUT2D eigenvalue weighted by Crippen LogP contribution is -2.47. The van der Waals surface area contributed by atoms with Crippen molar-refractivity contribution in [3.05, 3.63) is 0 Å². The van der Waals surface area contributed by atoms with E-state index in [1.54, 1.807) is 0 Å². The van der Waals surface area contributed by atoms with E-state index < -0.39 is 17.7 Å². The highest BCUT2D eigenvalue weighted by Gasteiger charge is 2.40. The Balaban J connectivity index is 2.64. The molecule has 2 unspecified atom stereocenters. The smallest absolute Gasteiger partial charge is 0.303 e. The van der Waals surface area contributed by atoms with Crippen LogP contribution in [0.3, 0.4) is 0 Å². The lowest BCUT2D eigenvalue weighted by Gasteiger charge is -2.35. The summed E-state index contributed by atoms with van der Waals surface area (Å²) in [4.78, 5) is 21.7. The molecule has 1 aliphatic rings. The monoisotopic (exact) mass is 186 g/mol. The molecule has 0 bridgehead atoms. The number of hydrogen-bond acceptors (Lipinski definition) is 4. The third-order valence-corrected chi connectivity index (χ3v) is 2.24. The summed E-state index contributed by atoms with van der Waals surface area (Å²) in [7, 11) is 0. The molecule has 4 nitrogen and oxygen atoms in total. The van der Waals surface area contributed by atoms with E-state index in [4.69, 9.17) is 4.74 Å². The van der Waals surface area contributed by atoms with Crippen molar-refractivity contribution in [3.63, 3.8) is 0 Å². The second-order valence-corrected chi connectivity index (χ2v) is 3.71. The van der Waals surface area contributed by atoms with E-state index in [1.165, 1.54) is 13.8 Å². The zero-order valence-corrected chi connectivity index (χ0v) is 7.87. The number of hydrogen-bond donors (Lipinski definition) is 1. The molecule has 1 N–H and O–H groups in total. The van der Waals surface area contributed by atoms with Crippen LogP contribution in [0, 0.1) is 0 Å². The van der Waals surface area contributed by atoms with Gasteiger partial charge in [0.2, 0.25) is 0 Å². The Morgan fingerprint density at radius 2 is 2.31 bits per heavy atom. The Morgan fingerprint density at radius 3 is 2.77 bits per heavy atom. The van der Waals surface area contributed by atoms with Crippen molar-refractivity contribution in [1.82, 2.24) is 0 Å². The number of carbonyl (C=O) groups is 2.